The Kier molecular flexibility index (Phi) is 2.12. The number of hydrogen-bond acceptors (Lipinski definition) is 3. The van der Waals surface area contributed by atoms with Crippen molar-refractivity contribution in [3.8, 4) is 0 Å². The third-order valence-electron chi connectivity index (χ3n) is 1.64. The molecule has 2 N–H and O–H groups in total. The molecule has 1 aromatic carbocycles. The van der Waals surface area contributed by atoms with Gasteiger partial charge in [-0.3, -0.25) is 0 Å². The maximum Gasteiger partial charge on any atom is 0.153 e. The van der Waals surface area contributed by atoms with E-state index >= 15 is 0 Å². The average Bonchev–Trinajstić information content (AvgIpc) is 2.52. The molecule has 0 aliphatic carbocycles. The topological polar surface area (TPSA) is 38.9 Å². The molecule has 0 saturated carbocycles. The van der Waals surface area contributed by atoms with Crippen molar-refractivity contribution in [2.24, 2.45) is 5.73 Å². The second-order valence-corrected chi connectivity index (χ2v) is 4.11. The highest BCUT2D eigenvalue weighted by Gasteiger charge is 2.03. The van der Waals surface area contributed by atoms with Gasteiger partial charge in [-0.05, 0) is 33.6 Å². The Labute approximate surface area is 82.5 Å². The molecule has 0 saturated heterocycles. The number of rotatable bonds is 1. The lowest BCUT2D eigenvalue weighted by Crippen LogP contribution is -1.95. The van der Waals surface area contributed by atoms with Crippen molar-refractivity contribution in [1.82, 2.24) is 4.98 Å². The number of hydrogen-bond donors (Lipinski definition) is 1. The second-order valence-electron chi connectivity index (χ2n) is 2.43. The van der Waals surface area contributed by atoms with Gasteiger partial charge in [-0.15, -0.1) is 11.3 Å². The molecule has 2 aromatic rings. The van der Waals surface area contributed by atoms with Gasteiger partial charge in [-0.25, -0.2) is 4.98 Å². The van der Waals surface area contributed by atoms with E-state index in [0.717, 1.165) is 20.3 Å². The highest BCUT2D eigenvalue weighted by molar-refractivity contribution is 9.10. The quantitative estimate of drug-likeness (QED) is 0.833. The number of fused-ring (bicyclic) bond motifs is 1. The van der Waals surface area contributed by atoms with E-state index in [1.54, 1.807) is 0 Å². The highest BCUT2D eigenvalue weighted by atomic mass is 79.9. The van der Waals surface area contributed by atoms with Gasteiger partial charge in [0.1, 0.15) is 0 Å². The van der Waals surface area contributed by atoms with Crippen LogP contribution >= 0.6 is 27.3 Å². The van der Waals surface area contributed by atoms with Crippen molar-refractivity contribution in [3.05, 3.63) is 27.7 Å². The van der Waals surface area contributed by atoms with E-state index in [4.69, 9.17) is 5.73 Å². The fraction of sp³-hybridized carbons (Fsp3) is 0.125. The summed E-state index contributed by atoms with van der Waals surface area (Å²) in [4.78, 5) is 4.10. The van der Waals surface area contributed by atoms with Crippen LogP contribution in [0.15, 0.2) is 16.6 Å². The van der Waals surface area contributed by atoms with Crippen LogP contribution in [0, 0.1) is 5.51 Å². The zero-order valence-corrected chi connectivity index (χ0v) is 8.58. The standard InChI is InChI=1S/C8H6BrN2S/c9-6-1-5(3-10)2-7-8(6)11-4-12-7/h1-2H,3,10H2. The lowest BCUT2D eigenvalue weighted by Gasteiger charge is -1.97. The van der Waals surface area contributed by atoms with Gasteiger partial charge in [-0.1, -0.05) is 0 Å². The van der Waals surface area contributed by atoms with E-state index < -0.39 is 0 Å². The summed E-state index contributed by atoms with van der Waals surface area (Å²) in [6, 6.07) is 4.05. The Morgan fingerprint density at radius 2 is 2.42 bits per heavy atom. The maximum absolute atomic E-state index is 5.53. The maximum atomic E-state index is 5.53. The summed E-state index contributed by atoms with van der Waals surface area (Å²) in [7, 11) is 0. The van der Waals surface area contributed by atoms with E-state index in [1.807, 2.05) is 12.1 Å². The normalized spacial score (nSPS) is 10.8. The van der Waals surface area contributed by atoms with Gasteiger partial charge in [0.05, 0.1) is 10.2 Å². The van der Waals surface area contributed by atoms with Gasteiger partial charge in [0.15, 0.2) is 5.51 Å². The SMILES string of the molecule is NCc1cc(Br)c2n[c]sc2c1. The molecule has 0 bridgehead atoms. The summed E-state index contributed by atoms with van der Waals surface area (Å²) in [6.45, 7) is 0.562. The first-order chi connectivity index (χ1) is 5.81. The number of nitrogens with two attached hydrogens (primary N) is 1. The largest absolute Gasteiger partial charge is 0.326 e. The van der Waals surface area contributed by atoms with Gasteiger partial charge in [-0.2, -0.15) is 0 Å². The molecular weight excluding hydrogens is 236 g/mol. The third kappa shape index (κ3) is 1.26. The first kappa shape index (κ1) is 8.16. The minimum absolute atomic E-state index is 0.562. The average molecular weight is 242 g/mol. The van der Waals surface area contributed by atoms with Crippen LogP contribution in [0.1, 0.15) is 5.56 Å². The summed E-state index contributed by atoms with van der Waals surface area (Å²) >= 11 is 4.95. The minimum Gasteiger partial charge on any atom is -0.326 e. The Morgan fingerprint density at radius 1 is 1.58 bits per heavy atom. The second kappa shape index (κ2) is 3.12. The molecule has 1 radical (unpaired) electrons. The Morgan fingerprint density at radius 3 is 3.17 bits per heavy atom. The molecule has 2 nitrogen and oxygen atoms in total. The van der Waals surface area contributed by atoms with Crippen molar-refractivity contribution < 1.29 is 0 Å². The molecule has 4 heteroatoms. The molecule has 0 spiro atoms. The molecule has 1 heterocycles. The molecule has 0 atom stereocenters. The van der Waals surface area contributed by atoms with E-state index in [-0.39, 0.29) is 0 Å². The highest BCUT2D eigenvalue weighted by Crippen LogP contribution is 2.26. The number of aromatic nitrogens is 1. The monoisotopic (exact) mass is 241 g/mol. The van der Waals surface area contributed by atoms with Gasteiger partial charge in [0, 0.05) is 11.0 Å². The molecule has 12 heavy (non-hydrogen) atoms. The summed E-state index contributed by atoms with van der Waals surface area (Å²) in [5.41, 5.74) is 10.5. The van der Waals surface area contributed by atoms with E-state index in [9.17, 15) is 0 Å². The molecule has 0 amide bonds. The summed E-state index contributed by atoms with van der Waals surface area (Å²) in [5, 5.41) is 0. The molecular formula is C8H6BrN2S. The van der Waals surface area contributed by atoms with Gasteiger partial charge >= 0.3 is 0 Å². The van der Waals surface area contributed by atoms with Crippen molar-refractivity contribution in [1.29, 1.82) is 0 Å². The minimum atomic E-state index is 0.562. The van der Waals surface area contributed by atoms with Crippen LogP contribution in [0.2, 0.25) is 0 Å². The van der Waals surface area contributed by atoms with Crippen molar-refractivity contribution in [2.75, 3.05) is 0 Å². The lowest BCUT2D eigenvalue weighted by atomic mass is 10.2. The van der Waals surface area contributed by atoms with E-state index in [1.165, 1.54) is 11.3 Å². The molecule has 61 valence electrons. The van der Waals surface area contributed by atoms with Crippen LogP contribution in [-0.2, 0) is 6.54 Å². The number of halogens is 1. The molecule has 0 fully saturated rings. The van der Waals surface area contributed by atoms with Gasteiger partial charge < -0.3 is 5.73 Å². The van der Waals surface area contributed by atoms with Crippen molar-refractivity contribution >= 4 is 37.5 Å². The summed E-state index contributed by atoms with van der Waals surface area (Å²) in [6.07, 6.45) is 0. The van der Waals surface area contributed by atoms with Crippen molar-refractivity contribution in [3.63, 3.8) is 0 Å². The first-order valence-corrected chi connectivity index (χ1v) is 5.07. The number of nitrogens with zero attached hydrogens (tertiary/aromatic N) is 1. The molecule has 0 aliphatic rings. The van der Waals surface area contributed by atoms with E-state index in [2.05, 4.69) is 26.4 Å². The molecule has 1 aromatic heterocycles. The predicted molar refractivity (Wildman–Crippen MR) is 54.0 cm³/mol. The van der Waals surface area contributed by atoms with Crippen LogP contribution in [0.3, 0.4) is 0 Å². The predicted octanol–water partition coefficient (Wildman–Crippen LogP) is 2.32. The molecule has 0 aliphatic heterocycles. The van der Waals surface area contributed by atoms with E-state index in [0.29, 0.717) is 6.54 Å². The number of thiazole rings is 1. The van der Waals surface area contributed by atoms with Crippen LogP contribution in [0.5, 0.6) is 0 Å². The molecule has 0 unspecified atom stereocenters. The first-order valence-electron chi connectivity index (χ1n) is 3.46. The summed E-state index contributed by atoms with van der Waals surface area (Å²) < 4.78 is 2.13. The fourth-order valence-electron chi connectivity index (χ4n) is 1.05. The Balaban J connectivity index is 2.75. The van der Waals surface area contributed by atoms with Crippen LogP contribution in [-0.4, -0.2) is 4.98 Å². The van der Waals surface area contributed by atoms with Crippen molar-refractivity contribution in [2.45, 2.75) is 6.54 Å². The van der Waals surface area contributed by atoms with Crippen LogP contribution in [0.4, 0.5) is 0 Å². The lowest BCUT2D eigenvalue weighted by molar-refractivity contribution is 1.07. The van der Waals surface area contributed by atoms with Crippen LogP contribution in [0.25, 0.3) is 10.2 Å². The van der Waals surface area contributed by atoms with Gasteiger partial charge in [0.25, 0.3) is 0 Å². The van der Waals surface area contributed by atoms with Gasteiger partial charge in [0.2, 0.25) is 0 Å². The number of benzene rings is 1. The zero-order valence-electron chi connectivity index (χ0n) is 6.17. The molecule has 2 rings (SSSR count). The fourth-order valence-corrected chi connectivity index (χ4v) is 2.47. The zero-order chi connectivity index (χ0) is 8.55. The smallest absolute Gasteiger partial charge is 0.153 e. The Bertz CT molecular complexity index is 410. The summed E-state index contributed by atoms with van der Waals surface area (Å²) in [5.74, 6) is 0. The third-order valence-corrected chi connectivity index (χ3v) is 2.96. The van der Waals surface area contributed by atoms with Crippen LogP contribution < -0.4 is 5.73 Å². The Hall–Kier alpha value is -0.450.